The van der Waals surface area contributed by atoms with Gasteiger partial charge in [0, 0.05) is 30.8 Å². The van der Waals surface area contributed by atoms with Crippen molar-refractivity contribution in [3.63, 3.8) is 0 Å². The summed E-state index contributed by atoms with van der Waals surface area (Å²) in [6.07, 6.45) is -11.3. The molecular formula is C36H40F9N3O4. The maximum atomic E-state index is 16.7. The molecule has 1 fully saturated rings. The van der Waals surface area contributed by atoms with E-state index < -0.39 is 100 Å². The number of halogens is 9. The summed E-state index contributed by atoms with van der Waals surface area (Å²) in [7, 11) is 0. The van der Waals surface area contributed by atoms with Crippen LogP contribution in [-0.2, 0) is 22.2 Å². The van der Waals surface area contributed by atoms with Crippen LogP contribution in [0.5, 0.6) is 0 Å². The SMILES string of the molecule is CC1=CC(c2c(C)cccc2C)=C(F)C([C@H](CC(=O)O)NC(=O)C(CC(C)(C)F)n2cc(CCN3CCC3)c(C(F)(F)F)cc2=O)C1(F)C(F)(F)F. The van der Waals surface area contributed by atoms with Crippen LogP contribution in [-0.4, -0.2) is 69.6 Å². The maximum Gasteiger partial charge on any atom is 0.427 e. The third-order valence-electron chi connectivity index (χ3n) is 9.61. The molecule has 0 radical (unpaired) electrons. The minimum atomic E-state index is -5.85. The number of nitrogens with zero attached hydrogens (tertiary/aromatic N) is 2. The predicted molar refractivity (Wildman–Crippen MR) is 175 cm³/mol. The number of carbonyl (C=O) groups is 2. The smallest absolute Gasteiger partial charge is 0.427 e. The highest BCUT2D eigenvalue weighted by atomic mass is 19.4. The number of carboxylic acid groups (broad SMARTS) is 1. The van der Waals surface area contributed by atoms with Gasteiger partial charge in [0.15, 0.2) is 0 Å². The summed E-state index contributed by atoms with van der Waals surface area (Å²) >= 11 is 0. The standard InChI is InChI=1S/C36H40F9N3O4/c1-19-8-6-9-20(2)29(19)23-14-21(3)34(39,36(43,44)45)30(31(23)37)25(16-28(50)51)46-32(52)26(17-33(4,5)38)48-18-22(10-13-47-11-7-12-47)24(15-27(48)49)35(40,41)42/h6,8-9,14-15,18,25-26,30H,7,10-13,16-17H2,1-5H3,(H,46,52)(H,50,51)/t25-,26?,30?,34?/m0/s1. The molecule has 1 aliphatic carbocycles. The normalized spacial score (nSPS) is 21.3. The summed E-state index contributed by atoms with van der Waals surface area (Å²) in [4.78, 5) is 41.1. The van der Waals surface area contributed by atoms with Crippen LogP contribution in [0.3, 0.4) is 0 Å². The minimum absolute atomic E-state index is 0.105. The zero-order chi connectivity index (χ0) is 39.1. The Labute approximate surface area is 294 Å². The lowest BCUT2D eigenvalue weighted by Gasteiger charge is -2.42. The zero-order valence-corrected chi connectivity index (χ0v) is 29.1. The first kappa shape index (κ1) is 40.7. The fourth-order valence-corrected chi connectivity index (χ4v) is 6.94. The van der Waals surface area contributed by atoms with E-state index in [1.807, 2.05) is 10.2 Å². The van der Waals surface area contributed by atoms with E-state index in [1.54, 1.807) is 6.07 Å². The van der Waals surface area contributed by atoms with Crippen LogP contribution in [0, 0.1) is 19.8 Å². The van der Waals surface area contributed by atoms with Crippen LogP contribution in [0.2, 0.25) is 0 Å². The predicted octanol–water partition coefficient (Wildman–Crippen LogP) is 7.60. The molecule has 286 valence electrons. The lowest BCUT2D eigenvalue weighted by atomic mass is 9.70. The van der Waals surface area contributed by atoms with Crippen molar-refractivity contribution in [2.75, 3.05) is 19.6 Å². The molecule has 52 heavy (non-hydrogen) atoms. The monoisotopic (exact) mass is 749 g/mol. The summed E-state index contributed by atoms with van der Waals surface area (Å²) in [6, 6.07) is 0.289. The third-order valence-corrected chi connectivity index (χ3v) is 9.61. The number of aromatic nitrogens is 1. The van der Waals surface area contributed by atoms with E-state index in [4.69, 9.17) is 0 Å². The van der Waals surface area contributed by atoms with Crippen molar-refractivity contribution in [3.05, 3.63) is 86.1 Å². The number of aliphatic carboxylic acids is 1. The Morgan fingerprint density at radius 3 is 2.12 bits per heavy atom. The first-order valence-electron chi connectivity index (χ1n) is 16.5. The van der Waals surface area contributed by atoms with E-state index in [0.717, 1.165) is 33.4 Å². The lowest BCUT2D eigenvalue weighted by Crippen LogP contribution is -2.59. The van der Waals surface area contributed by atoms with Gasteiger partial charge in [-0.3, -0.25) is 14.4 Å². The number of carbonyl (C=O) groups excluding carboxylic acids is 1. The zero-order valence-electron chi connectivity index (χ0n) is 29.1. The molecule has 2 aliphatic rings. The van der Waals surface area contributed by atoms with Crippen LogP contribution in [0.1, 0.15) is 73.9 Å². The Kier molecular flexibility index (Phi) is 11.5. The van der Waals surface area contributed by atoms with Gasteiger partial charge in [0.05, 0.1) is 23.9 Å². The molecular weight excluding hydrogens is 709 g/mol. The molecule has 1 aromatic carbocycles. The number of nitrogens with one attached hydrogen (secondary N) is 1. The fourth-order valence-electron chi connectivity index (χ4n) is 6.94. The molecule has 0 bridgehead atoms. The molecule has 2 N–H and O–H groups in total. The van der Waals surface area contributed by atoms with Crippen LogP contribution >= 0.6 is 0 Å². The number of hydrogen-bond acceptors (Lipinski definition) is 4. The van der Waals surface area contributed by atoms with Crippen LogP contribution < -0.4 is 10.9 Å². The molecule has 3 unspecified atom stereocenters. The lowest BCUT2D eigenvalue weighted by molar-refractivity contribution is -0.234. The molecule has 1 aliphatic heterocycles. The molecule has 1 saturated heterocycles. The Morgan fingerprint density at radius 1 is 1.04 bits per heavy atom. The van der Waals surface area contributed by atoms with Crippen LogP contribution in [0.15, 0.2) is 52.7 Å². The van der Waals surface area contributed by atoms with Gasteiger partial charge in [0.1, 0.15) is 17.5 Å². The number of aryl methyl sites for hydroxylation is 2. The summed E-state index contributed by atoms with van der Waals surface area (Å²) < 4.78 is 135. The van der Waals surface area contributed by atoms with Gasteiger partial charge in [-0.15, -0.1) is 0 Å². The summed E-state index contributed by atoms with van der Waals surface area (Å²) in [6.45, 7) is 7.12. The quantitative estimate of drug-likeness (QED) is 0.218. The van der Waals surface area contributed by atoms with E-state index in [2.05, 4.69) is 0 Å². The summed E-state index contributed by atoms with van der Waals surface area (Å²) in [5, 5.41) is 11.7. The van der Waals surface area contributed by atoms with Crippen molar-refractivity contribution in [1.29, 1.82) is 0 Å². The number of likely N-dealkylation sites (tertiary alicyclic amines) is 1. The fraction of sp³-hybridized carbons (Fsp3) is 0.528. The Bertz CT molecular complexity index is 1800. The van der Waals surface area contributed by atoms with E-state index >= 15 is 13.2 Å². The van der Waals surface area contributed by atoms with Gasteiger partial charge in [0.25, 0.3) is 5.56 Å². The van der Waals surface area contributed by atoms with Crippen LogP contribution in [0.4, 0.5) is 39.5 Å². The molecule has 4 atom stereocenters. The molecule has 1 aromatic heterocycles. The number of allylic oxidation sites excluding steroid dienone is 3. The van der Waals surface area contributed by atoms with Crippen molar-refractivity contribution in [2.45, 2.75) is 96.1 Å². The molecule has 2 aromatic rings. The van der Waals surface area contributed by atoms with Crippen molar-refractivity contribution in [1.82, 2.24) is 14.8 Å². The second-order valence-corrected chi connectivity index (χ2v) is 14.1. The maximum absolute atomic E-state index is 16.7. The number of carboxylic acids is 1. The second-order valence-electron chi connectivity index (χ2n) is 14.1. The average molecular weight is 750 g/mol. The molecule has 2 heterocycles. The van der Waals surface area contributed by atoms with Crippen LogP contribution in [0.25, 0.3) is 5.57 Å². The van der Waals surface area contributed by atoms with Crippen molar-refractivity contribution >= 4 is 17.4 Å². The van der Waals surface area contributed by atoms with Gasteiger partial charge >= 0.3 is 18.3 Å². The number of rotatable bonds is 12. The highest BCUT2D eigenvalue weighted by Crippen LogP contribution is 2.54. The Balaban J connectivity index is 1.89. The van der Waals surface area contributed by atoms with Gasteiger partial charge in [-0.2, -0.15) is 26.3 Å². The number of alkyl halides is 8. The highest BCUT2D eigenvalue weighted by molar-refractivity contribution is 5.84. The first-order chi connectivity index (χ1) is 23.9. The van der Waals surface area contributed by atoms with Crippen molar-refractivity contribution < 1.29 is 54.2 Å². The van der Waals surface area contributed by atoms with Crippen molar-refractivity contribution in [2.24, 2.45) is 5.92 Å². The summed E-state index contributed by atoms with van der Waals surface area (Å²) in [5.41, 5.74) is -10.7. The number of hydrogen-bond donors (Lipinski definition) is 2. The van der Waals surface area contributed by atoms with E-state index in [-0.39, 0.29) is 24.6 Å². The first-order valence-corrected chi connectivity index (χ1v) is 16.5. The average Bonchev–Trinajstić information content (AvgIpc) is 2.96. The Hall–Kier alpha value is -4.08. The molecule has 0 saturated carbocycles. The largest absolute Gasteiger partial charge is 0.481 e. The van der Waals surface area contributed by atoms with Gasteiger partial charge in [-0.05, 0) is 94.5 Å². The van der Waals surface area contributed by atoms with E-state index in [0.29, 0.717) is 34.9 Å². The minimum Gasteiger partial charge on any atom is -0.481 e. The third kappa shape index (κ3) is 8.42. The molecule has 4 rings (SSSR count). The molecule has 7 nitrogen and oxygen atoms in total. The number of amides is 1. The van der Waals surface area contributed by atoms with E-state index in [1.165, 1.54) is 26.0 Å². The van der Waals surface area contributed by atoms with Crippen molar-refractivity contribution in [3.8, 4) is 0 Å². The van der Waals surface area contributed by atoms with E-state index in [9.17, 15) is 45.8 Å². The molecule has 16 heteroatoms. The highest BCUT2D eigenvalue weighted by Gasteiger charge is 2.66. The second kappa shape index (κ2) is 14.7. The molecule has 0 spiro atoms. The van der Waals surface area contributed by atoms with Gasteiger partial charge in [-0.25, -0.2) is 13.2 Å². The Morgan fingerprint density at radius 2 is 1.63 bits per heavy atom. The topological polar surface area (TPSA) is 91.6 Å². The number of benzene rings is 1. The van der Waals surface area contributed by atoms with Gasteiger partial charge < -0.3 is 19.9 Å². The molecule has 1 amide bonds. The van der Waals surface area contributed by atoms with Gasteiger partial charge in [-0.1, -0.05) is 18.2 Å². The number of pyridine rings is 1. The summed E-state index contributed by atoms with van der Waals surface area (Å²) in [5.74, 6) is -8.16. The van der Waals surface area contributed by atoms with Gasteiger partial charge in [0.2, 0.25) is 11.6 Å².